The first-order valence-electron chi connectivity index (χ1n) is 4.29. The molecule has 0 aromatic carbocycles. The molecule has 0 heterocycles. The lowest BCUT2D eigenvalue weighted by Gasteiger charge is -2.23. The normalized spacial score (nSPS) is 13.9. The van der Waals surface area contributed by atoms with E-state index in [0.29, 0.717) is 6.04 Å². The molecule has 11 heavy (non-hydrogen) atoms. The van der Waals surface area contributed by atoms with Crippen molar-refractivity contribution in [3.05, 3.63) is 0 Å². The molecule has 0 aromatic rings. The first-order chi connectivity index (χ1) is 5.22. The number of nitrogens with two attached hydrogens (primary N) is 2. The maximum absolute atomic E-state index is 5.48. The smallest absolute Gasteiger partial charge is 0.0102 e. The topological polar surface area (TPSA) is 55.3 Å². The number of nitrogens with zero attached hydrogens (tertiary/aromatic N) is 1. The van der Waals surface area contributed by atoms with Crippen molar-refractivity contribution in [1.82, 2.24) is 4.90 Å². The third-order valence-corrected chi connectivity index (χ3v) is 1.97. The lowest BCUT2D eigenvalue weighted by molar-refractivity contribution is 0.263. The van der Waals surface area contributed by atoms with Crippen molar-refractivity contribution in [1.29, 1.82) is 0 Å². The molecular weight excluding hydrogens is 138 g/mol. The maximum atomic E-state index is 5.48. The van der Waals surface area contributed by atoms with Crippen molar-refractivity contribution in [2.24, 2.45) is 11.5 Å². The van der Waals surface area contributed by atoms with Gasteiger partial charge in [-0.15, -0.1) is 0 Å². The summed E-state index contributed by atoms with van der Waals surface area (Å²) >= 11 is 0. The van der Waals surface area contributed by atoms with Crippen LogP contribution >= 0.6 is 0 Å². The number of rotatable bonds is 6. The molecule has 0 bridgehead atoms. The van der Waals surface area contributed by atoms with E-state index in [-0.39, 0.29) is 0 Å². The monoisotopic (exact) mass is 159 g/mol. The molecule has 0 aliphatic carbocycles. The highest BCUT2D eigenvalue weighted by Gasteiger charge is 2.08. The minimum absolute atomic E-state index is 0.614. The van der Waals surface area contributed by atoms with E-state index in [9.17, 15) is 0 Å². The Bertz CT molecular complexity index is 83.4. The third kappa shape index (κ3) is 5.18. The average molecular weight is 159 g/mol. The predicted molar refractivity (Wildman–Crippen MR) is 49.4 cm³/mol. The molecule has 0 amide bonds. The molecular formula is C8H21N3. The zero-order valence-electron chi connectivity index (χ0n) is 7.71. The van der Waals surface area contributed by atoms with E-state index in [1.807, 2.05) is 0 Å². The van der Waals surface area contributed by atoms with Gasteiger partial charge in [0.1, 0.15) is 0 Å². The molecule has 0 saturated heterocycles. The largest absolute Gasteiger partial charge is 0.330 e. The van der Waals surface area contributed by atoms with Crippen LogP contribution in [0.15, 0.2) is 0 Å². The third-order valence-electron chi connectivity index (χ3n) is 1.97. The molecule has 0 aromatic heterocycles. The molecule has 0 radical (unpaired) electrons. The minimum atomic E-state index is 0.614. The number of hydrogen-bond donors (Lipinski definition) is 2. The van der Waals surface area contributed by atoms with Crippen molar-refractivity contribution >= 4 is 0 Å². The summed E-state index contributed by atoms with van der Waals surface area (Å²) in [7, 11) is 4.19. The summed E-state index contributed by atoms with van der Waals surface area (Å²) in [5, 5.41) is 0. The summed E-state index contributed by atoms with van der Waals surface area (Å²) in [5.41, 5.74) is 10.9. The Morgan fingerprint density at radius 2 is 1.73 bits per heavy atom. The zero-order valence-corrected chi connectivity index (χ0v) is 7.71. The van der Waals surface area contributed by atoms with E-state index in [1.54, 1.807) is 0 Å². The van der Waals surface area contributed by atoms with Crippen molar-refractivity contribution in [2.75, 3.05) is 27.2 Å². The van der Waals surface area contributed by atoms with E-state index in [4.69, 9.17) is 11.5 Å². The van der Waals surface area contributed by atoms with Crippen molar-refractivity contribution in [2.45, 2.75) is 25.3 Å². The molecule has 1 unspecified atom stereocenters. The van der Waals surface area contributed by atoms with Gasteiger partial charge in [0.05, 0.1) is 0 Å². The number of hydrogen-bond acceptors (Lipinski definition) is 3. The van der Waals surface area contributed by atoms with Crippen LogP contribution in [-0.4, -0.2) is 38.1 Å². The Kier molecular flexibility index (Phi) is 6.51. The molecule has 68 valence electrons. The summed E-state index contributed by atoms with van der Waals surface area (Å²) in [6.45, 7) is 1.56. The van der Waals surface area contributed by atoms with Gasteiger partial charge in [-0.2, -0.15) is 0 Å². The van der Waals surface area contributed by atoms with Gasteiger partial charge in [0.15, 0.2) is 0 Å². The summed E-state index contributed by atoms with van der Waals surface area (Å²) in [4.78, 5) is 2.22. The van der Waals surface area contributed by atoms with Gasteiger partial charge in [-0.05, 0) is 46.4 Å². The van der Waals surface area contributed by atoms with Gasteiger partial charge in [0.25, 0.3) is 0 Å². The van der Waals surface area contributed by atoms with Gasteiger partial charge in [0, 0.05) is 6.04 Å². The molecule has 0 aliphatic rings. The summed E-state index contributed by atoms with van der Waals surface area (Å²) in [5.74, 6) is 0. The van der Waals surface area contributed by atoms with Crippen LogP contribution in [0.5, 0.6) is 0 Å². The van der Waals surface area contributed by atoms with Crippen LogP contribution in [0, 0.1) is 0 Å². The molecule has 0 saturated carbocycles. The second kappa shape index (κ2) is 6.58. The highest BCUT2D eigenvalue weighted by atomic mass is 15.1. The van der Waals surface area contributed by atoms with E-state index < -0.39 is 0 Å². The Morgan fingerprint density at radius 1 is 1.09 bits per heavy atom. The Hall–Kier alpha value is -0.120. The minimum Gasteiger partial charge on any atom is -0.330 e. The maximum Gasteiger partial charge on any atom is 0.0102 e. The van der Waals surface area contributed by atoms with E-state index >= 15 is 0 Å². The molecule has 0 spiro atoms. The molecule has 0 rings (SSSR count). The van der Waals surface area contributed by atoms with Crippen LogP contribution in [0.2, 0.25) is 0 Å². The fourth-order valence-corrected chi connectivity index (χ4v) is 1.21. The molecule has 0 fully saturated rings. The van der Waals surface area contributed by atoms with E-state index in [1.165, 1.54) is 6.42 Å². The fraction of sp³-hybridized carbons (Fsp3) is 1.00. The lowest BCUT2D eigenvalue weighted by atomic mass is 10.1. The van der Waals surface area contributed by atoms with Gasteiger partial charge < -0.3 is 16.4 Å². The van der Waals surface area contributed by atoms with E-state index in [2.05, 4.69) is 19.0 Å². The molecule has 3 heteroatoms. The van der Waals surface area contributed by atoms with Crippen LogP contribution in [0.3, 0.4) is 0 Å². The van der Waals surface area contributed by atoms with Crippen LogP contribution in [0.1, 0.15) is 19.3 Å². The van der Waals surface area contributed by atoms with Crippen molar-refractivity contribution in [3.8, 4) is 0 Å². The van der Waals surface area contributed by atoms with Gasteiger partial charge >= 0.3 is 0 Å². The van der Waals surface area contributed by atoms with Crippen LogP contribution in [0.4, 0.5) is 0 Å². The Labute approximate surface area is 69.7 Å². The van der Waals surface area contributed by atoms with Gasteiger partial charge in [0.2, 0.25) is 0 Å². The summed E-state index contributed by atoms with van der Waals surface area (Å²) in [6.07, 6.45) is 3.34. The quantitative estimate of drug-likeness (QED) is 0.574. The molecule has 1 atom stereocenters. The van der Waals surface area contributed by atoms with Gasteiger partial charge in [-0.3, -0.25) is 0 Å². The SMILES string of the molecule is CN(C)C(CCN)CCCN. The van der Waals surface area contributed by atoms with Crippen LogP contribution in [0.25, 0.3) is 0 Å². The lowest BCUT2D eigenvalue weighted by Crippen LogP contribution is -2.30. The van der Waals surface area contributed by atoms with Crippen molar-refractivity contribution < 1.29 is 0 Å². The van der Waals surface area contributed by atoms with Gasteiger partial charge in [-0.25, -0.2) is 0 Å². The van der Waals surface area contributed by atoms with Crippen LogP contribution < -0.4 is 11.5 Å². The standard InChI is InChI=1S/C8H21N3/c1-11(2)8(5-7-10)4-3-6-9/h8H,3-7,9-10H2,1-2H3. The van der Waals surface area contributed by atoms with Crippen molar-refractivity contribution in [3.63, 3.8) is 0 Å². The first-order valence-corrected chi connectivity index (χ1v) is 4.29. The highest BCUT2D eigenvalue weighted by Crippen LogP contribution is 2.05. The molecule has 3 nitrogen and oxygen atoms in total. The molecule has 4 N–H and O–H groups in total. The van der Waals surface area contributed by atoms with Gasteiger partial charge in [-0.1, -0.05) is 0 Å². The average Bonchev–Trinajstić information content (AvgIpc) is 1.97. The zero-order chi connectivity index (χ0) is 8.69. The van der Waals surface area contributed by atoms with Crippen LogP contribution in [-0.2, 0) is 0 Å². The second-order valence-corrected chi connectivity index (χ2v) is 3.13. The van der Waals surface area contributed by atoms with E-state index in [0.717, 1.165) is 25.9 Å². The predicted octanol–water partition coefficient (Wildman–Crippen LogP) is 0.00430. The molecule has 0 aliphatic heterocycles. The fourth-order valence-electron chi connectivity index (χ4n) is 1.21. The second-order valence-electron chi connectivity index (χ2n) is 3.13. The Morgan fingerprint density at radius 3 is 2.09 bits per heavy atom. The highest BCUT2D eigenvalue weighted by molar-refractivity contribution is 4.66. The Balaban J connectivity index is 3.51. The summed E-state index contributed by atoms with van der Waals surface area (Å²) < 4.78 is 0. The first kappa shape index (κ1) is 10.9. The summed E-state index contributed by atoms with van der Waals surface area (Å²) in [6, 6.07) is 0.614.